The summed E-state index contributed by atoms with van der Waals surface area (Å²) in [7, 11) is 1.97. The van der Waals surface area contributed by atoms with Gasteiger partial charge in [0, 0.05) is 42.3 Å². The van der Waals surface area contributed by atoms with Gasteiger partial charge in [0.25, 0.3) is 0 Å². The number of aromatic nitrogens is 3. The van der Waals surface area contributed by atoms with Crippen LogP contribution in [0.1, 0.15) is 6.92 Å². The summed E-state index contributed by atoms with van der Waals surface area (Å²) in [5.41, 5.74) is 5.00. The second-order valence-corrected chi connectivity index (χ2v) is 8.25. The van der Waals surface area contributed by atoms with Gasteiger partial charge in [-0.15, -0.1) is 0 Å². The van der Waals surface area contributed by atoms with E-state index in [1.807, 2.05) is 61.2 Å². The molecule has 9 heteroatoms. The summed E-state index contributed by atoms with van der Waals surface area (Å²) in [4.78, 5) is 20.9. The van der Waals surface area contributed by atoms with E-state index in [9.17, 15) is 9.18 Å². The van der Waals surface area contributed by atoms with Gasteiger partial charge in [-0.1, -0.05) is 11.8 Å². The summed E-state index contributed by atoms with van der Waals surface area (Å²) < 4.78 is 15.5. The molecule has 174 valence electrons. The third-order valence-electron chi connectivity index (χ3n) is 5.14. The van der Waals surface area contributed by atoms with Gasteiger partial charge in [0.2, 0.25) is 0 Å². The van der Waals surface area contributed by atoms with E-state index in [0.717, 1.165) is 33.4 Å². The van der Waals surface area contributed by atoms with Crippen LogP contribution in [0.2, 0.25) is 0 Å². The molecule has 0 radical (unpaired) electrons. The zero-order valence-electron chi connectivity index (χ0n) is 19.1. The molecule has 0 aliphatic heterocycles. The zero-order valence-corrected chi connectivity index (χ0v) is 19.9. The van der Waals surface area contributed by atoms with E-state index in [-0.39, 0.29) is 11.8 Å². The summed E-state index contributed by atoms with van der Waals surface area (Å²) in [6.45, 7) is 2.43. The Morgan fingerprint density at radius 3 is 2.41 bits per heavy atom. The fourth-order valence-electron chi connectivity index (χ4n) is 3.57. The first-order chi connectivity index (χ1) is 16.5. The monoisotopic (exact) mass is 476 g/mol. The minimum atomic E-state index is -0.283. The fourth-order valence-corrected chi connectivity index (χ4v) is 4.11. The number of nitrogens with zero attached hydrogens (tertiary/aromatic N) is 3. The highest BCUT2D eigenvalue weighted by Gasteiger charge is 2.18. The second-order valence-electron chi connectivity index (χ2n) is 7.48. The third-order valence-corrected chi connectivity index (χ3v) is 5.87. The van der Waals surface area contributed by atoms with E-state index in [4.69, 9.17) is 4.98 Å². The van der Waals surface area contributed by atoms with Crippen LogP contribution in [0.15, 0.2) is 72.0 Å². The van der Waals surface area contributed by atoms with Crippen molar-refractivity contribution in [2.75, 3.05) is 23.4 Å². The average molecular weight is 477 g/mol. The van der Waals surface area contributed by atoms with Gasteiger partial charge in [0.05, 0.1) is 11.4 Å². The first-order valence-electron chi connectivity index (χ1n) is 10.7. The van der Waals surface area contributed by atoms with Gasteiger partial charge < -0.3 is 20.5 Å². The molecule has 0 fully saturated rings. The van der Waals surface area contributed by atoms with Crippen molar-refractivity contribution >= 4 is 35.0 Å². The lowest BCUT2D eigenvalue weighted by Gasteiger charge is -2.11. The van der Waals surface area contributed by atoms with Crippen molar-refractivity contribution in [1.82, 2.24) is 19.9 Å². The molecular weight excluding hydrogens is 451 g/mol. The third kappa shape index (κ3) is 5.20. The van der Waals surface area contributed by atoms with E-state index in [0.29, 0.717) is 18.1 Å². The molecule has 2 aromatic carbocycles. The lowest BCUT2D eigenvalue weighted by Crippen LogP contribution is -2.28. The van der Waals surface area contributed by atoms with E-state index in [1.165, 1.54) is 12.1 Å². The molecule has 34 heavy (non-hydrogen) atoms. The number of imidazole rings is 1. The van der Waals surface area contributed by atoms with Crippen molar-refractivity contribution in [2.45, 2.75) is 12.1 Å². The maximum Gasteiger partial charge on any atom is 0.319 e. The quantitative estimate of drug-likeness (QED) is 0.290. The van der Waals surface area contributed by atoms with E-state index >= 15 is 0 Å². The molecular formula is C25H25FN6OS. The van der Waals surface area contributed by atoms with Gasteiger partial charge >= 0.3 is 6.03 Å². The molecule has 0 aliphatic rings. The van der Waals surface area contributed by atoms with Crippen LogP contribution in [0, 0.1) is 5.82 Å². The normalized spacial score (nSPS) is 10.7. The molecule has 0 spiro atoms. The SMILES string of the molecule is CCNC(=O)Nc1ccc(Nc2cc(-c3c(-c4ccc(F)cc4)nc(SC)n3C)ccn2)cc1. The molecule has 2 amide bonds. The van der Waals surface area contributed by atoms with Crippen LogP contribution < -0.4 is 16.0 Å². The van der Waals surface area contributed by atoms with Crippen molar-refractivity contribution in [3.8, 4) is 22.5 Å². The Morgan fingerprint density at radius 1 is 1.03 bits per heavy atom. The molecule has 0 bridgehead atoms. The summed E-state index contributed by atoms with van der Waals surface area (Å²) >= 11 is 1.55. The minimum absolute atomic E-state index is 0.240. The molecule has 2 aromatic heterocycles. The smallest absolute Gasteiger partial charge is 0.319 e. The highest BCUT2D eigenvalue weighted by Crippen LogP contribution is 2.35. The number of thioether (sulfide) groups is 1. The zero-order chi connectivity index (χ0) is 24.1. The molecule has 2 heterocycles. The molecule has 4 aromatic rings. The van der Waals surface area contributed by atoms with Crippen molar-refractivity contribution in [1.29, 1.82) is 0 Å². The number of rotatable bonds is 7. The average Bonchev–Trinajstić information content (AvgIpc) is 3.17. The van der Waals surface area contributed by atoms with Crippen LogP contribution in [0.25, 0.3) is 22.5 Å². The lowest BCUT2D eigenvalue weighted by molar-refractivity contribution is 0.252. The summed E-state index contributed by atoms with van der Waals surface area (Å²) in [6.07, 6.45) is 3.72. The Kier molecular flexibility index (Phi) is 7.12. The number of anilines is 3. The number of halogens is 1. The topological polar surface area (TPSA) is 83.9 Å². The number of hydrogen-bond donors (Lipinski definition) is 3. The first-order valence-corrected chi connectivity index (χ1v) is 12.0. The number of hydrogen-bond acceptors (Lipinski definition) is 5. The van der Waals surface area contributed by atoms with Crippen LogP contribution in [0.5, 0.6) is 0 Å². The lowest BCUT2D eigenvalue weighted by atomic mass is 10.1. The molecule has 4 rings (SSSR count). The highest BCUT2D eigenvalue weighted by atomic mass is 32.2. The van der Waals surface area contributed by atoms with E-state index in [1.54, 1.807) is 30.1 Å². The number of benzene rings is 2. The molecule has 7 nitrogen and oxygen atoms in total. The van der Waals surface area contributed by atoms with Crippen molar-refractivity contribution in [3.63, 3.8) is 0 Å². The molecule has 0 unspecified atom stereocenters. The number of carbonyl (C=O) groups is 1. The van der Waals surface area contributed by atoms with Gasteiger partial charge in [-0.05, 0) is 73.8 Å². The maximum absolute atomic E-state index is 13.5. The minimum Gasteiger partial charge on any atom is -0.340 e. The maximum atomic E-state index is 13.5. The molecule has 3 N–H and O–H groups in total. The standard InChI is InChI=1S/C25H25FN6OS/c1-4-27-24(33)30-20-11-9-19(10-12-20)29-21-15-17(13-14-28-21)23-22(31-25(34-3)32(23)2)16-5-7-18(26)8-6-16/h5-15H,4H2,1-3H3,(H,28,29)(H2,27,30,33). The number of nitrogens with one attached hydrogen (secondary N) is 3. The van der Waals surface area contributed by atoms with Crippen LogP contribution in [-0.2, 0) is 7.05 Å². The Labute approximate surface area is 201 Å². The molecule has 0 atom stereocenters. The highest BCUT2D eigenvalue weighted by molar-refractivity contribution is 7.98. The van der Waals surface area contributed by atoms with Crippen LogP contribution in [0.4, 0.5) is 26.4 Å². The Balaban J connectivity index is 1.61. The van der Waals surface area contributed by atoms with Crippen molar-refractivity contribution in [2.24, 2.45) is 7.05 Å². The Bertz CT molecular complexity index is 1290. The number of carbonyl (C=O) groups excluding carboxylic acids is 1. The first kappa shape index (κ1) is 23.3. The summed E-state index contributed by atoms with van der Waals surface area (Å²) in [5, 5.41) is 9.63. The molecule has 0 saturated carbocycles. The van der Waals surface area contributed by atoms with E-state index in [2.05, 4.69) is 20.9 Å². The van der Waals surface area contributed by atoms with Crippen LogP contribution in [0.3, 0.4) is 0 Å². The van der Waals surface area contributed by atoms with Gasteiger partial charge in [-0.3, -0.25) is 0 Å². The second kappa shape index (κ2) is 10.4. The summed E-state index contributed by atoms with van der Waals surface area (Å²) in [5.74, 6) is 0.382. The van der Waals surface area contributed by atoms with Gasteiger partial charge in [0.15, 0.2) is 5.16 Å². The Hall–Kier alpha value is -3.85. The van der Waals surface area contributed by atoms with Crippen LogP contribution in [-0.4, -0.2) is 33.4 Å². The number of amides is 2. The van der Waals surface area contributed by atoms with Gasteiger partial charge in [-0.25, -0.2) is 19.2 Å². The van der Waals surface area contributed by atoms with Gasteiger partial charge in [0.1, 0.15) is 11.6 Å². The van der Waals surface area contributed by atoms with Crippen LogP contribution >= 0.6 is 11.8 Å². The molecule has 0 aliphatic carbocycles. The van der Waals surface area contributed by atoms with Gasteiger partial charge in [-0.2, -0.15) is 0 Å². The van der Waals surface area contributed by atoms with E-state index < -0.39 is 0 Å². The predicted molar refractivity (Wildman–Crippen MR) is 136 cm³/mol. The molecule has 0 saturated heterocycles. The van der Waals surface area contributed by atoms with Crippen molar-refractivity contribution < 1.29 is 9.18 Å². The Morgan fingerprint density at radius 2 is 1.74 bits per heavy atom. The number of pyridine rings is 1. The number of urea groups is 1. The summed E-state index contributed by atoms with van der Waals surface area (Å²) in [6, 6.07) is 17.4. The largest absolute Gasteiger partial charge is 0.340 e. The van der Waals surface area contributed by atoms with Crippen molar-refractivity contribution in [3.05, 3.63) is 72.7 Å². The predicted octanol–water partition coefficient (Wildman–Crippen LogP) is 5.90. The fraction of sp³-hybridized carbons (Fsp3) is 0.160.